The first kappa shape index (κ1) is 12.1. The number of hydrogen-bond acceptors (Lipinski definition) is 4. The smallest absolute Gasteiger partial charge is 0.142 e. The summed E-state index contributed by atoms with van der Waals surface area (Å²) in [7, 11) is 0. The number of nitrogens with one attached hydrogen (secondary N) is 1. The zero-order valence-electron chi connectivity index (χ0n) is 10.9. The molecule has 18 heavy (non-hydrogen) atoms. The molecule has 3 heterocycles. The van der Waals surface area contributed by atoms with Gasteiger partial charge in [-0.2, -0.15) is 0 Å². The Hall–Kier alpha value is -1.00. The summed E-state index contributed by atoms with van der Waals surface area (Å²) in [5.74, 6) is 1.78. The Morgan fingerprint density at radius 1 is 1.22 bits per heavy atom. The Kier molecular flexibility index (Phi) is 3.86. The first-order valence-corrected chi connectivity index (χ1v) is 7.13. The summed E-state index contributed by atoms with van der Waals surface area (Å²) >= 11 is 0. The van der Waals surface area contributed by atoms with Crippen LogP contribution in [0.1, 0.15) is 31.5 Å². The van der Waals surface area contributed by atoms with Crippen LogP contribution in [0.25, 0.3) is 0 Å². The van der Waals surface area contributed by atoms with Crippen molar-refractivity contribution in [3.63, 3.8) is 0 Å². The highest BCUT2D eigenvalue weighted by molar-refractivity contribution is 4.91. The van der Waals surface area contributed by atoms with Crippen LogP contribution in [0.2, 0.25) is 0 Å². The van der Waals surface area contributed by atoms with Gasteiger partial charge < -0.3 is 5.32 Å². The van der Waals surface area contributed by atoms with Gasteiger partial charge >= 0.3 is 0 Å². The monoisotopic (exact) mass is 246 g/mol. The van der Waals surface area contributed by atoms with Crippen LogP contribution in [0.5, 0.6) is 0 Å². The maximum atomic E-state index is 4.33. The first-order valence-electron chi connectivity index (χ1n) is 7.13. The molecule has 0 aromatic carbocycles. The summed E-state index contributed by atoms with van der Waals surface area (Å²) in [6, 6.07) is 2.63. The average molecular weight is 246 g/mol. The molecule has 2 aliphatic rings. The Morgan fingerprint density at radius 3 is 2.89 bits per heavy atom. The number of rotatable bonds is 3. The Balaban J connectivity index is 1.56. The largest absolute Gasteiger partial charge is 0.314 e. The summed E-state index contributed by atoms with van der Waals surface area (Å²) in [6.45, 7) is 4.52. The van der Waals surface area contributed by atoms with Gasteiger partial charge in [-0.25, -0.2) is 9.97 Å². The molecular weight excluding hydrogens is 224 g/mol. The summed E-state index contributed by atoms with van der Waals surface area (Å²) in [4.78, 5) is 11.2. The summed E-state index contributed by atoms with van der Waals surface area (Å²) in [5.41, 5.74) is 0. The molecular formula is C14H22N4. The minimum absolute atomic E-state index is 0.754. The second kappa shape index (κ2) is 5.76. The van der Waals surface area contributed by atoms with Gasteiger partial charge in [0.1, 0.15) is 5.82 Å². The minimum atomic E-state index is 0.754. The fourth-order valence-electron chi connectivity index (χ4n) is 3.29. The lowest BCUT2D eigenvalue weighted by Gasteiger charge is -2.35. The Labute approximate surface area is 109 Å². The molecule has 4 nitrogen and oxygen atoms in total. The third kappa shape index (κ3) is 2.87. The van der Waals surface area contributed by atoms with E-state index >= 15 is 0 Å². The number of likely N-dealkylation sites (tertiary alicyclic amines) is 1. The van der Waals surface area contributed by atoms with Gasteiger partial charge in [0, 0.05) is 25.0 Å². The van der Waals surface area contributed by atoms with E-state index in [2.05, 4.69) is 20.2 Å². The standard InChI is InChI=1S/C14H22N4/c1-5-13(15-6-1)12-4-2-9-18(10-12)11-14-16-7-3-8-17-14/h3,7-8,12-13,15H,1-2,4-6,9-11H2. The van der Waals surface area contributed by atoms with Crippen molar-refractivity contribution in [2.75, 3.05) is 19.6 Å². The van der Waals surface area contributed by atoms with Crippen molar-refractivity contribution in [2.24, 2.45) is 5.92 Å². The molecule has 0 spiro atoms. The molecule has 98 valence electrons. The number of nitrogens with zero attached hydrogens (tertiary/aromatic N) is 3. The third-order valence-corrected chi connectivity index (χ3v) is 4.19. The van der Waals surface area contributed by atoms with Crippen molar-refractivity contribution in [2.45, 2.75) is 38.3 Å². The molecule has 0 saturated carbocycles. The lowest BCUT2D eigenvalue weighted by atomic mass is 9.90. The Bertz CT molecular complexity index is 361. The zero-order chi connectivity index (χ0) is 12.2. The maximum absolute atomic E-state index is 4.33. The third-order valence-electron chi connectivity index (χ3n) is 4.19. The molecule has 2 aliphatic heterocycles. The van der Waals surface area contributed by atoms with Crippen LogP contribution in [0.4, 0.5) is 0 Å². The molecule has 1 aromatic rings. The molecule has 3 rings (SSSR count). The van der Waals surface area contributed by atoms with Crippen molar-refractivity contribution in [3.8, 4) is 0 Å². The van der Waals surface area contributed by atoms with E-state index in [0.717, 1.165) is 24.3 Å². The average Bonchev–Trinajstić information content (AvgIpc) is 2.94. The van der Waals surface area contributed by atoms with Crippen LogP contribution < -0.4 is 5.32 Å². The number of aromatic nitrogens is 2. The van der Waals surface area contributed by atoms with E-state index in [1.54, 1.807) is 0 Å². The second-order valence-corrected chi connectivity index (χ2v) is 5.51. The van der Waals surface area contributed by atoms with Crippen LogP contribution in [-0.4, -0.2) is 40.5 Å². The molecule has 1 aromatic heterocycles. The van der Waals surface area contributed by atoms with Gasteiger partial charge in [-0.3, -0.25) is 4.90 Å². The highest BCUT2D eigenvalue weighted by atomic mass is 15.2. The summed E-state index contributed by atoms with van der Waals surface area (Å²) < 4.78 is 0. The molecule has 0 aliphatic carbocycles. The van der Waals surface area contributed by atoms with Crippen molar-refractivity contribution >= 4 is 0 Å². The van der Waals surface area contributed by atoms with Crippen molar-refractivity contribution in [3.05, 3.63) is 24.3 Å². The van der Waals surface area contributed by atoms with Gasteiger partial charge in [0.2, 0.25) is 0 Å². The van der Waals surface area contributed by atoms with Gasteiger partial charge in [0.25, 0.3) is 0 Å². The number of piperidine rings is 1. The van der Waals surface area contributed by atoms with Gasteiger partial charge in [0.15, 0.2) is 0 Å². The van der Waals surface area contributed by atoms with E-state index < -0.39 is 0 Å². The molecule has 2 atom stereocenters. The van der Waals surface area contributed by atoms with Crippen LogP contribution in [0.3, 0.4) is 0 Å². The summed E-state index contributed by atoms with van der Waals surface area (Å²) in [5, 5.41) is 3.65. The van der Waals surface area contributed by atoms with E-state index in [1.165, 1.54) is 45.3 Å². The van der Waals surface area contributed by atoms with Crippen LogP contribution in [0, 0.1) is 5.92 Å². The van der Waals surface area contributed by atoms with E-state index in [0.29, 0.717) is 0 Å². The Morgan fingerprint density at radius 2 is 2.11 bits per heavy atom. The molecule has 1 N–H and O–H groups in total. The summed E-state index contributed by atoms with van der Waals surface area (Å²) in [6.07, 6.45) is 9.08. The maximum Gasteiger partial charge on any atom is 0.142 e. The second-order valence-electron chi connectivity index (χ2n) is 5.51. The van der Waals surface area contributed by atoms with Crippen LogP contribution in [-0.2, 0) is 6.54 Å². The first-order chi connectivity index (χ1) is 8.92. The highest BCUT2D eigenvalue weighted by Gasteiger charge is 2.29. The van der Waals surface area contributed by atoms with E-state index in [1.807, 2.05) is 18.5 Å². The number of hydrogen-bond donors (Lipinski definition) is 1. The van der Waals surface area contributed by atoms with Gasteiger partial charge in [-0.1, -0.05) is 0 Å². The van der Waals surface area contributed by atoms with Gasteiger partial charge in [-0.15, -0.1) is 0 Å². The van der Waals surface area contributed by atoms with Gasteiger partial charge in [0.05, 0.1) is 6.54 Å². The van der Waals surface area contributed by atoms with Gasteiger partial charge in [-0.05, 0) is 50.8 Å². The minimum Gasteiger partial charge on any atom is -0.314 e. The fraction of sp³-hybridized carbons (Fsp3) is 0.714. The highest BCUT2D eigenvalue weighted by Crippen LogP contribution is 2.25. The van der Waals surface area contributed by atoms with Crippen molar-refractivity contribution in [1.29, 1.82) is 0 Å². The van der Waals surface area contributed by atoms with Crippen LogP contribution in [0.15, 0.2) is 18.5 Å². The molecule has 0 amide bonds. The molecule has 4 heteroatoms. The predicted molar refractivity (Wildman–Crippen MR) is 71.1 cm³/mol. The normalized spacial score (nSPS) is 29.6. The molecule has 0 bridgehead atoms. The molecule has 0 radical (unpaired) electrons. The molecule has 2 fully saturated rings. The quantitative estimate of drug-likeness (QED) is 0.876. The molecule has 2 unspecified atom stereocenters. The van der Waals surface area contributed by atoms with Crippen LogP contribution >= 0.6 is 0 Å². The topological polar surface area (TPSA) is 41.1 Å². The van der Waals surface area contributed by atoms with E-state index in [4.69, 9.17) is 0 Å². The molecule has 2 saturated heterocycles. The lowest BCUT2D eigenvalue weighted by molar-refractivity contribution is 0.142. The SMILES string of the molecule is c1cnc(CN2CCCC(C3CCCN3)C2)nc1. The fourth-order valence-corrected chi connectivity index (χ4v) is 3.29. The zero-order valence-corrected chi connectivity index (χ0v) is 10.9. The lowest BCUT2D eigenvalue weighted by Crippen LogP contribution is -2.43. The van der Waals surface area contributed by atoms with E-state index in [-0.39, 0.29) is 0 Å². The predicted octanol–water partition coefficient (Wildman–Crippen LogP) is 1.44. The van der Waals surface area contributed by atoms with E-state index in [9.17, 15) is 0 Å². The van der Waals surface area contributed by atoms with Crippen molar-refractivity contribution in [1.82, 2.24) is 20.2 Å². The van der Waals surface area contributed by atoms with Crippen molar-refractivity contribution < 1.29 is 0 Å².